The number of hydrogen-bond donors (Lipinski definition) is 1. The third-order valence-electron chi connectivity index (χ3n) is 4.95. The fraction of sp³-hybridized carbons (Fsp3) is 0.400. The lowest BCUT2D eigenvalue weighted by Gasteiger charge is -2.38. The second-order valence-electron chi connectivity index (χ2n) is 6.62. The van der Waals surface area contributed by atoms with Gasteiger partial charge in [-0.15, -0.1) is 0 Å². The standard InChI is InChI=1S/C20H25N3O2/c21-13-16-5-1-2-6-18(16)23-11-9-22(10-12-23)14-17-15-24-19-7-3-4-8-20(19)25-17/h1-8,17H,9-15,21H2. The molecule has 0 amide bonds. The molecule has 1 fully saturated rings. The number of anilines is 1. The molecule has 2 aliphatic heterocycles. The van der Waals surface area contributed by atoms with Crippen LogP contribution in [-0.2, 0) is 6.54 Å². The highest BCUT2D eigenvalue weighted by molar-refractivity contribution is 5.54. The van der Waals surface area contributed by atoms with Crippen molar-refractivity contribution in [3.63, 3.8) is 0 Å². The zero-order valence-electron chi connectivity index (χ0n) is 14.4. The predicted octanol–water partition coefficient (Wildman–Crippen LogP) is 2.11. The molecule has 0 spiro atoms. The summed E-state index contributed by atoms with van der Waals surface area (Å²) in [7, 11) is 0. The lowest BCUT2D eigenvalue weighted by atomic mass is 10.1. The zero-order valence-corrected chi connectivity index (χ0v) is 14.4. The Morgan fingerprint density at radius 1 is 0.920 bits per heavy atom. The van der Waals surface area contributed by atoms with Gasteiger partial charge in [-0.3, -0.25) is 4.90 Å². The Morgan fingerprint density at radius 3 is 2.44 bits per heavy atom. The van der Waals surface area contributed by atoms with Gasteiger partial charge in [-0.1, -0.05) is 30.3 Å². The number of fused-ring (bicyclic) bond motifs is 1. The van der Waals surface area contributed by atoms with Crippen molar-refractivity contribution < 1.29 is 9.47 Å². The number of rotatable bonds is 4. The average Bonchev–Trinajstić information content (AvgIpc) is 2.68. The average molecular weight is 339 g/mol. The van der Waals surface area contributed by atoms with Crippen LogP contribution < -0.4 is 20.1 Å². The molecule has 1 atom stereocenters. The van der Waals surface area contributed by atoms with E-state index in [1.165, 1.54) is 11.3 Å². The molecule has 2 aromatic carbocycles. The van der Waals surface area contributed by atoms with E-state index in [2.05, 4.69) is 34.1 Å². The highest BCUT2D eigenvalue weighted by Gasteiger charge is 2.25. The van der Waals surface area contributed by atoms with Crippen LogP contribution in [0.4, 0.5) is 5.69 Å². The van der Waals surface area contributed by atoms with Crippen molar-refractivity contribution in [1.29, 1.82) is 0 Å². The maximum Gasteiger partial charge on any atom is 0.161 e. The molecule has 25 heavy (non-hydrogen) atoms. The summed E-state index contributed by atoms with van der Waals surface area (Å²) in [6.07, 6.45) is 0.0952. The van der Waals surface area contributed by atoms with Crippen molar-refractivity contribution in [2.24, 2.45) is 5.73 Å². The van der Waals surface area contributed by atoms with E-state index in [1.54, 1.807) is 0 Å². The molecule has 0 saturated carbocycles. The van der Waals surface area contributed by atoms with E-state index in [9.17, 15) is 0 Å². The first kappa shape index (κ1) is 16.2. The molecule has 1 saturated heterocycles. The third-order valence-corrected chi connectivity index (χ3v) is 4.95. The van der Waals surface area contributed by atoms with Gasteiger partial charge in [-0.2, -0.15) is 0 Å². The lowest BCUT2D eigenvalue weighted by Crippen LogP contribution is -2.51. The van der Waals surface area contributed by atoms with Gasteiger partial charge in [0.05, 0.1) is 0 Å². The first-order chi connectivity index (χ1) is 12.3. The summed E-state index contributed by atoms with van der Waals surface area (Å²) in [6, 6.07) is 16.3. The van der Waals surface area contributed by atoms with Crippen LogP contribution in [0.15, 0.2) is 48.5 Å². The van der Waals surface area contributed by atoms with E-state index in [0.717, 1.165) is 44.2 Å². The van der Waals surface area contributed by atoms with Gasteiger partial charge >= 0.3 is 0 Å². The smallest absolute Gasteiger partial charge is 0.161 e. The van der Waals surface area contributed by atoms with Crippen LogP contribution >= 0.6 is 0 Å². The molecule has 1 unspecified atom stereocenters. The quantitative estimate of drug-likeness (QED) is 0.925. The van der Waals surface area contributed by atoms with Gasteiger partial charge in [0, 0.05) is 45.0 Å². The minimum absolute atomic E-state index is 0.0952. The van der Waals surface area contributed by atoms with Crippen molar-refractivity contribution in [1.82, 2.24) is 4.90 Å². The summed E-state index contributed by atoms with van der Waals surface area (Å²) >= 11 is 0. The summed E-state index contributed by atoms with van der Waals surface area (Å²) in [5.41, 5.74) is 8.37. The van der Waals surface area contributed by atoms with E-state index in [4.69, 9.17) is 15.2 Å². The molecule has 0 radical (unpaired) electrons. The number of nitrogens with zero attached hydrogens (tertiary/aromatic N) is 2. The van der Waals surface area contributed by atoms with Gasteiger partial charge in [-0.25, -0.2) is 0 Å². The molecular formula is C20H25N3O2. The number of para-hydroxylation sites is 3. The molecule has 4 rings (SSSR count). The highest BCUT2D eigenvalue weighted by Crippen LogP contribution is 2.31. The minimum Gasteiger partial charge on any atom is -0.486 e. The molecule has 5 nitrogen and oxygen atoms in total. The molecule has 0 bridgehead atoms. The summed E-state index contributed by atoms with van der Waals surface area (Å²) in [6.45, 7) is 6.19. The van der Waals surface area contributed by atoms with Gasteiger partial charge < -0.3 is 20.1 Å². The largest absolute Gasteiger partial charge is 0.486 e. The van der Waals surface area contributed by atoms with Gasteiger partial charge in [0.15, 0.2) is 11.5 Å². The number of ether oxygens (including phenoxy) is 2. The van der Waals surface area contributed by atoms with Gasteiger partial charge in [0.2, 0.25) is 0 Å². The van der Waals surface area contributed by atoms with E-state index in [1.807, 2.05) is 24.3 Å². The van der Waals surface area contributed by atoms with Crippen molar-refractivity contribution in [3.8, 4) is 11.5 Å². The van der Waals surface area contributed by atoms with Crippen LogP contribution in [0.1, 0.15) is 5.56 Å². The van der Waals surface area contributed by atoms with Crippen molar-refractivity contribution in [3.05, 3.63) is 54.1 Å². The van der Waals surface area contributed by atoms with E-state index in [-0.39, 0.29) is 6.10 Å². The van der Waals surface area contributed by atoms with Gasteiger partial charge in [0.1, 0.15) is 12.7 Å². The second-order valence-corrected chi connectivity index (χ2v) is 6.62. The van der Waals surface area contributed by atoms with Crippen LogP contribution in [0.5, 0.6) is 11.5 Å². The fourth-order valence-corrected chi connectivity index (χ4v) is 3.60. The molecule has 2 N–H and O–H groups in total. The highest BCUT2D eigenvalue weighted by atomic mass is 16.6. The topological polar surface area (TPSA) is 51.0 Å². The van der Waals surface area contributed by atoms with Crippen LogP contribution in [0.25, 0.3) is 0 Å². The molecular weight excluding hydrogens is 314 g/mol. The van der Waals surface area contributed by atoms with Gasteiger partial charge in [-0.05, 0) is 23.8 Å². The predicted molar refractivity (Wildman–Crippen MR) is 99.3 cm³/mol. The number of benzene rings is 2. The molecule has 0 aliphatic carbocycles. The molecule has 2 aliphatic rings. The van der Waals surface area contributed by atoms with E-state index < -0.39 is 0 Å². The lowest BCUT2D eigenvalue weighted by molar-refractivity contribution is 0.0571. The molecule has 2 aromatic rings. The summed E-state index contributed by atoms with van der Waals surface area (Å²) in [4.78, 5) is 4.90. The molecule has 132 valence electrons. The molecule has 2 heterocycles. The molecule has 5 heteroatoms. The summed E-state index contributed by atoms with van der Waals surface area (Å²) in [5.74, 6) is 1.70. The Balaban J connectivity index is 1.32. The van der Waals surface area contributed by atoms with Crippen LogP contribution in [-0.4, -0.2) is 50.3 Å². The first-order valence-corrected chi connectivity index (χ1v) is 8.97. The van der Waals surface area contributed by atoms with Gasteiger partial charge in [0.25, 0.3) is 0 Å². The molecule has 0 aromatic heterocycles. The Bertz CT molecular complexity index is 714. The minimum atomic E-state index is 0.0952. The summed E-state index contributed by atoms with van der Waals surface area (Å²) < 4.78 is 11.9. The Kier molecular flexibility index (Phi) is 4.76. The third kappa shape index (κ3) is 3.57. The zero-order chi connectivity index (χ0) is 17.1. The van der Waals surface area contributed by atoms with E-state index in [0.29, 0.717) is 13.2 Å². The number of nitrogens with two attached hydrogens (primary N) is 1. The summed E-state index contributed by atoms with van der Waals surface area (Å²) in [5, 5.41) is 0. The monoisotopic (exact) mass is 339 g/mol. The Morgan fingerprint density at radius 2 is 1.64 bits per heavy atom. The maximum absolute atomic E-state index is 6.09. The second kappa shape index (κ2) is 7.33. The van der Waals surface area contributed by atoms with Crippen LogP contribution in [0, 0.1) is 0 Å². The van der Waals surface area contributed by atoms with Crippen molar-refractivity contribution >= 4 is 5.69 Å². The number of hydrogen-bond acceptors (Lipinski definition) is 5. The normalized spacial score (nSPS) is 20.5. The van der Waals surface area contributed by atoms with E-state index >= 15 is 0 Å². The van der Waals surface area contributed by atoms with Crippen molar-refractivity contribution in [2.75, 3.05) is 44.2 Å². The van der Waals surface area contributed by atoms with Crippen LogP contribution in [0.2, 0.25) is 0 Å². The SMILES string of the molecule is NCc1ccccc1N1CCN(CC2COc3ccccc3O2)CC1. The maximum atomic E-state index is 6.09. The van der Waals surface area contributed by atoms with Crippen LogP contribution in [0.3, 0.4) is 0 Å². The van der Waals surface area contributed by atoms with Crippen molar-refractivity contribution in [2.45, 2.75) is 12.6 Å². The number of piperazine rings is 1. The Labute approximate surface area is 148 Å². The first-order valence-electron chi connectivity index (χ1n) is 8.97. The fourth-order valence-electron chi connectivity index (χ4n) is 3.60. The Hall–Kier alpha value is -2.24.